The number of nitrogens with zero attached hydrogens (tertiary/aromatic N) is 2. The highest BCUT2D eigenvalue weighted by Gasteiger charge is 2.14. The third-order valence-corrected chi connectivity index (χ3v) is 3.38. The largest absolute Gasteiger partial charge is 1.00 e. The molecule has 1 rings (SSSR count). The van der Waals surface area contributed by atoms with Gasteiger partial charge in [0.15, 0.2) is 14.8 Å². The zero-order valence-electron chi connectivity index (χ0n) is 7.67. The maximum atomic E-state index is 11.4. The van der Waals surface area contributed by atoms with Gasteiger partial charge in [-0.3, -0.25) is 0 Å². The van der Waals surface area contributed by atoms with E-state index >= 15 is 0 Å². The number of hydrogen-bond donors (Lipinski definition) is 1. The summed E-state index contributed by atoms with van der Waals surface area (Å²) >= 11 is 0. The number of sulfone groups is 1. The van der Waals surface area contributed by atoms with Gasteiger partial charge in [0.05, 0.1) is 17.3 Å². The van der Waals surface area contributed by atoms with Crippen LogP contribution in [-0.2, 0) is 9.84 Å². The Labute approximate surface area is 93.7 Å². The van der Waals surface area contributed by atoms with Crippen molar-refractivity contribution in [1.29, 1.82) is 5.39 Å². The number of diazo groups is 1. The molecule has 82 valence electrons. The third-order valence-electron chi connectivity index (χ3n) is 1.67. The SMILES string of the molecule is N#[N+]c1ccc(S(=O)(=O)CCO)cc1.[Cl-]. The van der Waals surface area contributed by atoms with Crippen LogP contribution in [0.5, 0.6) is 0 Å². The van der Waals surface area contributed by atoms with Crippen molar-refractivity contribution >= 4 is 15.5 Å². The average Bonchev–Trinajstić information content (AvgIpc) is 2.18. The summed E-state index contributed by atoms with van der Waals surface area (Å²) in [7, 11) is -3.41. The first-order chi connectivity index (χ1) is 6.60. The van der Waals surface area contributed by atoms with Gasteiger partial charge in [0.2, 0.25) is 5.39 Å². The van der Waals surface area contributed by atoms with E-state index in [-0.39, 0.29) is 28.7 Å². The zero-order valence-corrected chi connectivity index (χ0v) is 9.24. The Morgan fingerprint density at radius 3 is 2.20 bits per heavy atom. The first-order valence-electron chi connectivity index (χ1n) is 3.89. The van der Waals surface area contributed by atoms with E-state index in [9.17, 15) is 8.42 Å². The molecule has 0 aromatic heterocycles. The van der Waals surface area contributed by atoms with Gasteiger partial charge in [-0.2, -0.15) is 0 Å². The number of rotatable bonds is 3. The summed E-state index contributed by atoms with van der Waals surface area (Å²) in [4.78, 5) is 3.01. The molecular formula is C8H9ClN2O3S. The molecule has 0 atom stereocenters. The van der Waals surface area contributed by atoms with Crippen LogP contribution in [0.4, 0.5) is 5.69 Å². The lowest BCUT2D eigenvalue weighted by molar-refractivity contribution is -0.00000679. The van der Waals surface area contributed by atoms with Crippen molar-refractivity contribution in [3.63, 3.8) is 0 Å². The van der Waals surface area contributed by atoms with Crippen LogP contribution in [0.3, 0.4) is 0 Å². The maximum absolute atomic E-state index is 11.4. The van der Waals surface area contributed by atoms with E-state index in [2.05, 4.69) is 4.98 Å². The van der Waals surface area contributed by atoms with E-state index in [0.29, 0.717) is 0 Å². The number of aliphatic hydroxyl groups is 1. The molecule has 0 aliphatic carbocycles. The van der Waals surface area contributed by atoms with Crippen LogP contribution in [0.15, 0.2) is 29.2 Å². The summed E-state index contributed by atoms with van der Waals surface area (Å²) in [5.74, 6) is -0.303. The molecule has 1 aromatic carbocycles. The molecule has 0 aliphatic rings. The third kappa shape index (κ3) is 3.47. The number of hydrogen-bond acceptors (Lipinski definition) is 4. The molecule has 0 amide bonds. The normalized spacial score (nSPS) is 10.1. The molecule has 15 heavy (non-hydrogen) atoms. The first-order valence-corrected chi connectivity index (χ1v) is 5.54. The van der Waals surface area contributed by atoms with Crippen LogP contribution in [-0.4, -0.2) is 25.9 Å². The van der Waals surface area contributed by atoms with Gasteiger partial charge in [-0.25, -0.2) is 8.42 Å². The highest BCUT2D eigenvalue weighted by atomic mass is 35.5. The van der Waals surface area contributed by atoms with Crippen molar-refractivity contribution in [3.05, 3.63) is 29.2 Å². The molecule has 7 heteroatoms. The molecule has 0 aliphatic heterocycles. The maximum Gasteiger partial charge on any atom is 0.385 e. The van der Waals surface area contributed by atoms with Crippen molar-refractivity contribution in [2.75, 3.05) is 12.4 Å². The lowest BCUT2D eigenvalue weighted by Crippen LogP contribution is -3.00. The number of benzene rings is 1. The second-order valence-electron chi connectivity index (χ2n) is 2.64. The smallest absolute Gasteiger partial charge is 0.385 e. The van der Waals surface area contributed by atoms with Gasteiger partial charge in [0, 0.05) is 12.1 Å². The summed E-state index contributed by atoms with van der Waals surface area (Å²) in [5.41, 5.74) is 0.285. The first kappa shape index (κ1) is 13.8. The van der Waals surface area contributed by atoms with Crippen molar-refractivity contribution in [1.82, 2.24) is 0 Å². The summed E-state index contributed by atoms with van der Waals surface area (Å²) in [6.45, 7) is -0.408. The van der Waals surface area contributed by atoms with Crippen molar-refractivity contribution in [2.24, 2.45) is 0 Å². The quantitative estimate of drug-likeness (QED) is 0.624. The van der Waals surface area contributed by atoms with E-state index in [1.165, 1.54) is 24.3 Å². The minimum Gasteiger partial charge on any atom is -1.00 e. The monoisotopic (exact) mass is 248 g/mol. The summed E-state index contributed by atoms with van der Waals surface area (Å²) in [6, 6.07) is 5.43. The van der Waals surface area contributed by atoms with Gasteiger partial charge < -0.3 is 17.5 Å². The van der Waals surface area contributed by atoms with Gasteiger partial charge >= 0.3 is 5.69 Å². The molecule has 0 bridgehead atoms. The van der Waals surface area contributed by atoms with Crippen LogP contribution in [0, 0.1) is 5.39 Å². The van der Waals surface area contributed by atoms with E-state index in [1.807, 2.05) is 0 Å². The van der Waals surface area contributed by atoms with Gasteiger partial charge in [0.1, 0.15) is 0 Å². The molecule has 0 radical (unpaired) electrons. The lowest BCUT2D eigenvalue weighted by Gasteiger charge is -1.99. The van der Waals surface area contributed by atoms with Crippen LogP contribution in [0.2, 0.25) is 0 Å². The zero-order chi connectivity index (χ0) is 10.6. The van der Waals surface area contributed by atoms with Gasteiger partial charge in [-0.05, 0) is 12.1 Å². The fourth-order valence-electron chi connectivity index (χ4n) is 0.958. The van der Waals surface area contributed by atoms with E-state index in [0.717, 1.165) is 0 Å². The predicted octanol–water partition coefficient (Wildman–Crippen LogP) is -2.06. The van der Waals surface area contributed by atoms with Crippen molar-refractivity contribution in [3.8, 4) is 0 Å². The molecule has 5 nitrogen and oxygen atoms in total. The highest BCUT2D eigenvalue weighted by molar-refractivity contribution is 7.91. The van der Waals surface area contributed by atoms with Gasteiger partial charge in [0.25, 0.3) is 0 Å². The fourth-order valence-corrected chi connectivity index (χ4v) is 1.98. The van der Waals surface area contributed by atoms with Crippen LogP contribution in [0.25, 0.3) is 4.98 Å². The second-order valence-corrected chi connectivity index (χ2v) is 4.75. The van der Waals surface area contributed by atoms with Crippen LogP contribution in [0.1, 0.15) is 0 Å². The topological polar surface area (TPSA) is 82.5 Å². The van der Waals surface area contributed by atoms with Crippen LogP contribution < -0.4 is 12.4 Å². The molecule has 0 unspecified atom stereocenters. The number of halogens is 1. The molecule has 0 fully saturated rings. The Kier molecular flexibility index (Phi) is 5.22. The van der Waals surface area contributed by atoms with E-state index < -0.39 is 16.4 Å². The predicted molar refractivity (Wildman–Crippen MR) is 50.3 cm³/mol. The molecule has 0 saturated heterocycles. The molecular weight excluding hydrogens is 240 g/mol. The highest BCUT2D eigenvalue weighted by Crippen LogP contribution is 2.16. The van der Waals surface area contributed by atoms with Gasteiger partial charge in [-0.1, -0.05) is 0 Å². The van der Waals surface area contributed by atoms with Crippen LogP contribution >= 0.6 is 0 Å². The Balaban J connectivity index is 0.00000196. The van der Waals surface area contributed by atoms with Crippen molar-refractivity contribution < 1.29 is 25.9 Å². The Bertz CT molecular complexity index is 450. The molecule has 0 heterocycles. The molecule has 0 saturated carbocycles. The Morgan fingerprint density at radius 2 is 1.80 bits per heavy atom. The number of aliphatic hydroxyl groups excluding tert-OH is 1. The van der Waals surface area contributed by atoms with E-state index in [4.69, 9.17) is 10.5 Å². The lowest BCUT2D eigenvalue weighted by atomic mass is 10.3. The molecule has 1 N–H and O–H groups in total. The summed E-state index contributed by atoms with van der Waals surface area (Å²) < 4.78 is 22.8. The van der Waals surface area contributed by atoms with E-state index in [1.54, 1.807) is 0 Å². The fraction of sp³-hybridized carbons (Fsp3) is 0.250. The molecule has 1 aromatic rings. The Hall–Kier alpha value is -1.16. The summed E-state index contributed by atoms with van der Waals surface area (Å²) in [6.07, 6.45) is 0. The second kappa shape index (κ2) is 5.66. The minimum atomic E-state index is -3.41. The molecule has 0 spiro atoms. The summed E-state index contributed by atoms with van der Waals surface area (Å²) in [5, 5.41) is 16.9. The average molecular weight is 249 g/mol. The van der Waals surface area contributed by atoms with Crippen molar-refractivity contribution in [2.45, 2.75) is 4.90 Å². The minimum absolute atomic E-state index is 0. The standard InChI is InChI=1S/C8H9N2O3S.ClH/c9-10-7-1-3-8(4-2-7)14(12,13)6-5-11;/h1-4,11H,5-6H2;1H/q+1;/p-1. The van der Waals surface area contributed by atoms with Gasteiger partial charge in [-0.15, -0.1) is 0 Å². The Morgan fingerprint density at radius 1 is 1.27 bits per heavy atom.